The van der Waals surface area contributed by atoms with Gasteiger partial charge in [-0.3, -0.25) is 0 Å². The Morgan fingerprint density at radius 2 is 1.86 bits per heavy atom. The van der Waals surface area contributed by atoms with E-state index in [0.29, 0.717) is 16.8 Å². The van der Waals surface area contributed by atoms with Crippen LogP contribution in [-0.2, 0) is 0 Å². The van der Waals surface area contributed by atoms with Crippen molar-refractivity contribution in [1.82, 2.24) is 9.97 Å². The second kappa shape index (κ2) is 7.30. The summed E-state index contributed by atoms with van der Waals surface area (Å²) in [6, 6.07) is 5.49. The first kappa shape index (κ1) is 16.3. The van der Waals surface area contributed by atoms with Crippen LogP contribution < -0.4 is 21.3 Å². The second-order valence-electron chi connectivity index (χ2n) is 3.86. The van der Waals surface area contributed by atoms with E-state index in [1.165, 1.54) is 11.8 Å². The minimum atomic E-state index is 0.539. The molecule has 1 heterocycles. The minimum Gasteiger partial charge on any atom is -0.495 e. The number of hydrogen-bond acceptors (Lipinski definition) is 7. The van der Waals surface area contributed by atoms with Gasteiger partial charge in [0.2, 0.25) is 0 Å². The lowest BCUT2D eigenvalue weighted by Gasteiger charge is -2.12. The predicted molar refractivity (Wildman–Crippen MR) is 93.3 cm³/mol. The number of halogens is 2. The number of rotatable bonds is 5. The molecule has 0 saturated heterocycles. The van der Waals surface area contributed by atoms with Gasteiger partial charge in [-0.2, -0.15) is 0 Å². The van der Waals surface area contributed by atoms with Crippen LogP contribution >= 0.6 is 43.6 Å². The van der Waals surface area contributed by atoms with Gasteiger partial charge in [0.25, 0.3) is 0 Å². The summed E-state index contributed by atoms with van der Waals surface area (Å²) in [7, 11) is 1.62. The Bertz CT molecular complexity index is 634. The maximum absolute atomic E-state index is 5.42. The highest BCUT2D eigenvalue weighted by Crippen LogP contribution is 2.36. The number of nitrogens with zero attached hydrogens (tertiary/aromatic N) is 2. The molecule has 9 heteroatoms. The van der Waals surface area contributed by atoms with Gasteiger partial charge in [0.15, 0.2) is 5.16 Å². The van der Waals surface area contributed by atoms with E-state index in [2.05, 4.69) is 52.6 Å². The fraction of sp³-hybridized carbons (Fsp3) is 0.167. The zero-order valence-corrected chi connectivity index (χ0v) is 15.3. The molecule has 0 aliphatic carbocycles. The molecule has 0 fully saturated rings. The van der Waals surface area contributed by atoms with Crippen LogP contribution in [0.15, 0.2) is 32.3 Å². The molecule has 0 spiro atoms. The highest BCUT2D eigenvalue weighted by atomic mass is 79.9. The fourth-order valence-electron chi connectivity index (χ4n) is 1.57. The molecule has 0 amide bonds. The zero-order valence-electron chi connectivity index (χ0n) is 11.3. The van der Waals surface area contributed by atoms with Crippen molar-refractivity contribution in [3.8, 4) is 5.75 Å². The number of anilines is 3. The molecule has 0 atom stereocenters. The van der Waals surface area contributed by atoms with Crippen molar-refractivity contribution in [1.29, 1.82) is 0 Å². The Kier molecular flexibility index (Phi) is 5.68. The average Bonchev–Trinajstić information content (AvgIpc) is 2.49. The van der Waals surface area contributed by atoms with Crippen LogP contribution in [0.5, 0.6) is 5.75 Å². The van der Waals surface area contributed by atoms with Crippen LogP contribution in [0, 0.1) is 0 Å². The van der Waals surface area contributed by atoms with Gasteiger partial charge in [-0.05, 0) is 44.2 Å². The average molecular weight is 435 g/mol. The van der Waals surface area contributed by atoms with Crippen molar-refractivity contribution < 1.29 is 4.74 Å². The Balaban J connectivity index is 2.37. The summed E-state index contributed by atoms with van der Waals surface area (Å²) in [5, 5.41) is 3.83. The first-order valence-electron chi connectivity index (χ1n) is 5.77. The number of nitrogens with two attached hydrogens (primary N) is 1. The third kappa shape index (κ3) is 4.00. The number of hydrazine groups is 1. The molecule has 0 aliphatic rings. The van der Waals surface area contributed by atoms with Crippen molar-refractivity contribution >= 4 is 60.9 Å². The van der Waals surface area contributed by atoms with Gasteiger partial charge in [0.05, 0.1) is 17.3 Å². The van der Waals surface area contributed by atoms with Crippen molar-refractivity contribution in [2.24, 2.45) is 5.84 Å². The van der Waals surface area contributed by atoms with Crippen LogP contribution in [0.1, 0.15) is 0 Å². The molecule has 21 heavy (non-hydrogen) atoms. The lowest BCUT2D eigenvalue weighted by atomic mass is 10.3. The van der Waals surface area contributed by atoms with E-state index in [1.807, 2.05) is 18.4 Å². The number of benzene rings is 1. The largest absolute Gasteiger partial charge is 0.495 e. The quantitative estimate of drug-likeness (QED) is 0.286. The predicted octanol–water partition coefficient (Wildman–Crippen LogP) is 3.76. The molecule has 1 aromatic heterocycles. The number of aromatic nitrogens is 2. The second-order valence-corrected chi connectivity index (χ2v) is 6.34. The molecule has 0 aliphatic heterocycles. The lowest BCUT2D eigenvalue weighted by Crippen LogP contribution is -2.10. The number of nitrogens with one attached hydrogen (secondary N) is 2. The SMILES string of the molecule is COc1cc(Nc2cc(NN)nc(SC)n2)c(Br)cc1Br. The van der Waals surface area contributed by atoms with Gasteiger partial charge >= 0.3 is 0 Å². The number of methoxy groups -OCH3 is 1. The third-order valence-electron chi connectivity index (χ3n) is 2.54. The van der Waals surface area contributed by atoms with Crippen molar-refractivity contribution in [2.45, 2.75) is 5.16 Å². The van der Waals surface area contributed by atoms with Gasteiger partial charge in [-0.25, -0.2) is 15.8 Å². The fourth-order valence-corrected chi connectivity index (χ4v) is 3.21. The maximum atomic E-state index is 5.42. The molecule has 4 N–H and O–H groups in total. The van der Waals surface area contributed by atoms with Gasteiger partial charge in [-0.15, -0.1) is 0 Å². The summed E-state index contributed by atoms with van der Waals surface area (Å²) in [4.78, 5) is 8.60. The molecule has 2 rings (SSSR count). The third-order valence-corrected chi connectivity index (χ3v) is 4.36. The summed E-state index contributed by atoms with van der Waals surface area (Å²) in [6.45, 7) is 0. The van der Waals surface area contributed by atoms with Crippen LogP contribution in [0.2, 0.25) is 0 Å². The van der Waals surface area contributed by atoms with E-state index < -0.39 is 0 Å². The Morgan fingerprint density at radius 1 is 1.14 bits per heavy atom. The molecule has 0 bridgehead atoms. The number of thioether (sulfide) groups is 1. The van der Waals surface area contributed by atoms with E-state index in [0.717, 1.165) is 20.4 Å². The van der Waals surface area contributed by atoms with Crippen molar-refractivity contribution in [3.63, 3.8) is 0 Å². The molecule has 112 valence electrons. The Labute approximate surface area is 143 Å². The molecule has 0 unspecified atom stereocenters. The summed E-state index contributed by atoms with van der Waals surface area (Å²) >= 11 is 8.37. The Morgan fingerprint density at radius 3 is 2.48 bits per heavy atom. The van der Waals surface area contributed by atoms with E-state index in [1.54, 1.807) is 13.2 Å². The smallest absolute Gasteiger partial charge is 0.191 e. The summed E-state index contributed by atoms with van der Waals surface area (Å²) in [5.74, 6) is 7.31. The topological polar surface area (TPSA) is 85.1 Å². The van der Waals surface area contributed by atoms with Gasteiger partial charge in [-0.1, -0.05) is 11.8 Å². The van der Waals surface area contributed by atoms with E-state index >= 15 is 0 Å². The summed E-state index contributed by atoms with van der Waals surface area (Å²) in [6.07, 6.45) is 1.90. The van der Waals surface area contributed by atoms with E-state index in [-0.39, 0.29) is 0 Å². The number of nitrogen functional groups attached to an aromatic ring is 1. The minimum absolute atomic E-state index is 0.539. The first-order chi connectivity index (χ1) is 10.1. The summed E-state index contributed by atoms with van der Waals surface area (Å²) < 4.78 is 7.03. The molecule has 2 aromatic rings. The molecule has 0 radical (unpaired) electrons. The van der Waals surface area contributed by atoms with Gasteiger partial charge in [0, 0.05) is 16.6 Å². The first-order valence-corrected chi connectivity index (χ1v) is 8.58. The normalized spacial score (nSPS) is 10.3. The molecule has 1 aromatic carbocycles. The van der Waals surface area contributed by atoms with Crippen LogP contribution in [0.3, 0.4) is 0 Å². The highest BCUT2D eigenvalue weighted by Gasteiger charge is 2.09. The number of hydrogen-bond donors (Lipinski definition) is 3. The zero-order chi connectivity index (χ0) is 15.4. The molecular formula is C12H13Br2N5OS. The van der Waals surface area contributed by atoms with Crippen LogP contribution in [0.4, 0.5) is 17.3 Å². The maximum Gasteiger partial charge on any atom is 0.191 e. The highest BCUT2D eigenvalue weighted by molar-refractivity contribution is 9.11. The molecule has 0 saturated carbocycles. The van der Waals surface area contributed by atoms with Crippen LogP contribution in [-0.4, -0.2) is 23.3 Å². The molecular weight excluding hydrogens is 422 g/mol. The number of ether oxygens (including phenoxy) is 1. The Hall–Kier alpha value is -1.03. The monoisotopic (exact) mass is 433 g/mol. The summed E-state index contributed by atoms with van der Waals surface area (Å²) in [5.41, 5.74) is 3.35. The lowest BCUT2D eigenvalue weighted by molar-refractivity contribution is 0.412. The standard InChI is InChI=1S/C12H13Br2N5OS/c1-20-9-4-8(6(13)3-7(9)14)16-10-5-11(19-15)18-12(17-10)21-2/h3-5H,15H2,1-2H3,(H2,16,17,18,19). The van der Waals surface area contributed by atoms with Crippen LogP contribution in [0.25, 0.3) is 0 Å². The van der Waals surface area contributed by atoms with Crippen molar-refractivity contribution in [2.75, 3.05) is 24.1 Å². The van der Waals surface area contributed by atoms with Gasteiger partial charge in [0.1, 0.15) is 17.4 Å². The molecule has 6 nitrogen and oxygen atoms in total. The van der Waals surface area contributed by atoms with E-state index in [4.69, 9.17) is 10.6 Å². The van der Waals surface area contributed by atoms with Gasteiger partial charge < -0.3 is 15.5 Å². The van der Waals surface area contributed by atoms with Crippen molar-refractivity contribution in [3.05, 3.63) is 27.1 Å². The van der Waals surface area contributed by atoms with E-state index in [9.17, 15) is 0 Å².